The van der Waals surface area contributed by atoms with Crippen LogP contribution in [0.5, 0.6) is 0 Å². The molecule has 1 aliphatic carbocycles. The lowest BCUT2D eigenvalue weighted by molar-refractivity contribution is -0.109. The Labute approximate surface area is 233 Å². The third-order valence-electron chi connectivity index (χ3n) is 7.21. The van der Waals surface area contributed by atoms with Gasteiger partial charge in [0, 0.05) is 50.0 Å². The van der Waals surface area contributed by atoms with Crippen LogP contribution in [0.25, 0.3) is 11.6 Å². The molecule has 3 amide bonds. The van der Waals surface area contributed by atoms with Crippen LogP contribution in [0.4, 0.5) is 4.79 Å². The first-order valence-electron chi connectivity index (χ1n) is 13.1. The molecule has 204 valence electrons. The SMILES string of the molecule is Cn1cncc1C(NC=O)C1=Cc2cccnc2C(N2CCN(C(=O)NC(C)(C)C)CC2)c2ccc(Cl)cc21. The Balaban J connectivity index is 1.57. The second-order valence-electron chi connectivity index (χ2n) is 11.1. The Morgan fingerprint density at radius 2 is 1.95 bits per heavy atom. The van der Waals surface area contributed by atoms with E-state index in [4.69, 9.17) is 16.6 Å². The molecular weight excluding hydrogens is 514 g/mol. The van der Waals surface area contributed by atoms with Gasteiger partial charge in [0.1, 0.15) is 0 Å². The molecule has 2 N–H and O–H groups in total. The number of aryl methyl sites for hydroxylation is 1. The van der Waals surface area contributed by atoms with Crippen LogP contribution < -0.4 is 10.6 Å². The quantitative estimate of drug-likeness (QED) is 0.470. The van der Waals surface area contributed by atoms with E-state index >= 15 is 0 Å². The Bertz CT molecular complexity index is 1400. The average Bonchev–Trinajstić information content (AvgIpc) is 3.26. The number of hydrogen-bond acceptors (Lipinski definition) is 5. The maximum atomic E-state index is 12.8. The van der Waals surface area contributed by atoms with Crippen molar-refractivity contribution in [3.8, 4) is 0 Å². The molecule has 1 aliphatic heterocycles. The van der Waals surface area contributed by atoms with Crippen molar-refractivity contribution in [1.82, 2.24) is 35.0 Å². The third kappa shape index (κ3) is 5.55. The molecule has 2 atom stereocenters. The zero-order valence-corrected chi connectivity index (χ0v) is 23.4. The van der Waals surface area contributed by atoms with Crippen molar-refractivity contribution in [2.24, 2.45) is 7.05 Å². The van der Waals surface area contributed by atoms with E-state index in [0.717, 1.165) is 40.1 Å². The molecular formula is C29H34ClN7O2. The van der Waals surface area contributed by atoms with E-state index < -0.39 is 6.04 Å². The fourth-order valence-corrected chi connectivity index (χ4v) is 5.60. The van der Waals surface area contributed by atoms with Gasteiger partial charge in [0.05, 0.1) is 36.0 Å². The Morgan fingerprint density at radius 1 is 1.18 bits per heavy atom. The predicted molar refractivity (Wildman–Crippen MR) is 152 cm³/mol. The summed E-state index contributed by atoms with van der Waals surface area (Å²) >= 11 is 6.57. The number of halogens is 1. The highest BCUT2D eigenvalue weighted by atomic mass is 35.5. The van der Waals surface area contributed by atoms with Gasteiger partial charge in [-0.2, -0.15) is 0 Å². The van der Waals surface area contributed by atoms with E-state index in [9.17, 15) is 9.59 Å². The Kier molecular flexibility index (Phi) is 7.46. The molecule has 2 aliphatic rings. The number of aromatic nitrogens is 3. The van der Waals surface area contributed by atoms with Crippen molar-refractivity contribution in [2.45, 2.75) is 38.4 Å². The largest absolute Gasteiger partial charge is 0.346 e. The highest BCUT2D eigenvalue weighted by Crippen LogP contribution is 2.44. The first-order valence-corrected chi connectivity index (χ1v) is 13.5. The predicted octanol–water partition coefficient (Wildman–Crippen LogP) is 4.02. The topological polar surface area (TPSA) is 95.4 Å². The zero-order valence-electron chi connectivity index (χ0n) is 22.7. The normalized spacial score (nSPS) is 18.3. The number of imidazole rings is 1. The van der Waals surface area contributed by atoms with Gasteiger partial charge in [-0.05, 0) is 67.3 Å². The van der Waals surface area contributed by atoms with E-state index in [1.165, 1.54) is 0 Å². The van der Waals surface area contributed by atoms with Gasteiger partial charge in [-0.1, -0.05) is 23.7 Å². The number of benzene rings is 1. The van der Waals surface area contributed by atoms with E-state index in [-0.39, 0.29) is 17.6 Å². The minimum absolute atomic E-state index is 0.0448. The molecule has 3 heterocycles. The van der Waals surface area contributed by atoms with E-state index in [0.29, 0.717) is 31.2 Å². The number of pyridine rings is 1. The van der Waals surface area contributed by atoms with Gasteiger partial charge in [-0.15, -0.1) is 0 Å². The van der Waals surface area contributed by atoms with Gasteiger partial charge in [0.25, 0.3) is 0 Å². The molecule has 2 aromatic heterocycles. The van der Waals surface area contributed by atoms with Crippen molar-refractivity contribution in [3.05, 3.63) is 82.2 Å². The van der Waals surface area contributed by atoms with E-state index in [2.05, 4.69) is 38.7 Å². The van der Waals surface area contributed by atoms with Gasteiger partial charge >= 0.3 is 6.03 Å². The number of nitrogens with zero attached hydrogens (tertiary/aromatic N) is 5. The second-order valence-corrected chi connectivity index (χ2v) is 11.5. The fourth-order valence-electron chi connectivity index (χ4n) is 5.43. The summed E-state index contributed by atoms with van der Waals surface area (Å²) in [5.74, 6) is 0. The number of amides is 3. The molecule has 3 aromatic rings. The number of piperazine rings is 1. The monoisotopic (exact) mass is 547 g/mol. The summed E-state index contributed by atoms with van der Waals surface area (Å²) in [7, 11) is 1.91. The van der Waals surface area contributed by atoms with Gasteiger partial charge in [-0.25, -0.2) is 9.78 Å². The number of nitrogens with one attached hydrogen (secondary N) is 2. The number of rotatable bonds is 5. The van der Waals surface area contributed by atoms with Crippen LogP contribution in [-0.2, 0) is 11.8 Å². The fraction of sp³-hybridized carbons (Fsp3) is 0.379. The number of carbonyl (C=O) groups is 2. The minimum Gasteiger partial charge on any atom is -0.346 e. The molecule has 0 radical (unpaired) electrons. The summed E-state index contributed by atoms with van der Waals surface area (Å²) in [6.45, 7) is 8.55. The van der Waals surface area contributed by atoms with Gasteiger partial charge in [0.2, 0.25) is 6.41 Å². The van der Waals surface area contributed by atoms with Gasteiger partial charge in [0.15, 0.2) is 0 Å². The lowest BCUT2D eigenvalue weighted by Gasteiger charge is -2.40. The molecule has 0 spiro atoms. The van der Waals surface area contributed by atoms with Crippen molar-refractivity contribution >= 4 is 35.7 Å². The summed E-state index contributed by atoms with van der Waals surface area (Å²) in [6.07, 6.45) is 8.12. The minimum atomic E-state index is -0.447. The molecule has 1 aromatic carbocycles. The smallest absolute Gasteiger partial charge is 0.317 e. The Morgan fingerprint density at radius 3 is 2.62 bits per heavy atom. The molecule has 1 fully saturated rings. The molecule has 0 saturated carbocycles. The number of fused-ring (bicyclic) bond motifs is 2. The van der Waals surface area contributed by atoms with Crippen molar-refractivity contribution in [2.75, 3.05) is 26.2 Å². The van der Waals surface area contributed by atoms with Crippen LogP contribution in [0.1, 0.15) is 60.9 Å². The number of hydrogen-bond donors (Lipinski definition) is 2. The summed E-state index contributed by atoms with van der Waals surface area (Å²) in [6, 6.07) is 9.25. The third-order valence-corrected chi connectivity index (χ3v) is 7.44. The molecule has 0 bridgehead atoms. The van der Waals surface area contributed by atoms with Gasteiger partial charge in [-0.3, -0.25) is 14.7 Å². The molecule has 2 unspecified atom stereocenters. The van der Waals surface area contributed by atoms with Crippen LogP contribution in [-0.4, -0.2) is 68.5 Å². The number of urea groups is 1. The van der Waals surface area contributed by atoms with Gasteiger partial charge < -0.3 is 20.1 Å². The standard InChI is InChI=1S/C29H34ClN7O2/c1-29(2,3)34-28(39)37-12-10-36(11-13-37)27-21-8-7-20(30)15-22(21)23(14-19-6-5-9-32-25(19)27)26(33-18-38)24-16-31-17-35(24)4/h5-9,14-18,26-27H,10-13H2,1-4H3,(H,33,38)(H,34,39). The zero-order chi connectivity index (χ0) is 27.7. The lowest BCUT2D eigenvalue weighted by atomic mass is 9.90. The van der Waals surface area contributed by atoms with Crippen LogP contribution in [0, 0.1) is 0 Å². The summed E-state index contributed by atoms with van der Waals surface area (Å²) in [5, 5.41) is 6.68. The van der Waals surface area contributed by atoms with E-state index in [1.807, 2.05) is 61.7 Å². The summed E-state index contributed by atoms with van der Waals surface area (Å²) < 4.78 is 1.90. The van der Waals surface area contributed by atoms with Crippen molar-refractivity contribution in [1.29, 1.82) is 0 Å². The van der Waals surface area contributed by atoms with Crippen LogP contribution in [0.2, 0.25) is 5.02 Å². The van der Waals surface area contributed by atoms with Crippen LogP contribution >= 0.6 is 11.6 Å². The average molecular weight is 548 g/mol. The lowest BCUT2D eigenvalue weighted by Crippen LogP contribution is -2.55. The summed E-state index contributed by atoms with van der Waals surface area (Å²) in [5.41, 5.74) is 5.36. The molecule has 10 heteroatoms. The maximum absolute atomic E-state index is 12.8. The molecule has 9 nitrogen and oxygen atoms in total. The summed E-state index contributed by atoms with van der Waals surface area (Å²) in [4.78, 5) is 38.0. The molecule has 5 rings (SSSR count). The highest BCUT2D eigenvalue weighted by molar-refractivity contribution is 6.30. The Hall–Kier alpha value is -3.69. The first-order chi connectivity index (χ1) is 18.7. The van der Waals surface area contributed by atoms with E-state index in [1.54, 1.807) is 12.5 Å². The molecule has 39 heavy (non-hydrogen) atoms. The van der Waals surface area contributed by atoms with Crippen LogP contribution in [0.3, 0.4) is 0 Å². The molecule has 1 saturated heterocycles. The highest BCUT2D eigenvalue weighted by Gasteiger charge is 2.35. The maximum Gasteiger partial charge on any atom is 0.317 e. The number of carbonyl (C=O) groups excluding carboxylic acids is 2. The second kappa shape index (κ2) is 10.8. The van der Waals surface area contributed by atoms with Crippen LogP contribution in [0.15, 0.2) is 49.1 Å². The van der Waals surface area contributed by atoms with Crippen molar-refractivity contribution in [3.63, 3.8) is 0 Å². The first kappa shape index (κ1) is 26.9. The van der Waals surface area contributed by atoms with Crippen molar-refractivity contribution < 1.29 is 9.59 Å².